The van der Waals surface area contributed by atoms with Crippen molar-refractivity contribution in [3.63, 3.8) is 0 Å². The number of para-hydroxylation sites is 2. The van der Waals surface area contributed by atoms with Gasteiger partial charge in [0.25, 0.3) is 0 Å². The minimum Gasteiger partial charge on any atom is -0.353 e. The van der Waals surface area contributed by atoms with Crippen molar-refractivity contribution >= 4 is 23.0 Å². The fraction of sp³-hybridized carbons (Fsp3) is 0.238. The molecule has 0 saturated carbocycles. The molecule has 1 aromatic heterocycles. The Morgan fingerprint density at radius 1 is 1.12 bits per heavy atom. The van der Waals surface area contributed by atoms with Crippen molar-refractivity contribution in [2.24, 2.45) is 0 Å². The summed E-state index contributed by atoms with van der Waals surface area (Å²) in [6.07, 6.45) is 5.13. The van der Waals surface area contributed by atoms with Gasteiger partial charge in [0, 0.05) is 25.6 Å². The number of imidazole rings is 1. The van der Waals surface area contributed by atoms with E-state index >= 15 is 0 Å². The first-order valence-electron chi connectivity index (χ1n) is 8.73. The predicted octanol–water partition coefficient (Wildman–Crippen LogP) is 3.82. The molecule has 4 heteroatoms. The van der Waals surface area contributed by atoms with E-state index in [2.05, 4.69) is 22.9 Å². The van der Waals surface area contributed by atoms with E-state index in [9.17, 15) is 4.79 Å². The highest BCUT2D eigenvalue weighted by molar-refractivity contribution is 5.91. The Balaban J connectivity index is 1.50. The van der Waals surface area contributed by atoms with E-state index in [0.717, 1.165) is 36.3 Å². The lowest BCUT2D eigenvalue weighted by atomic mass is 10.2. The van der Waals surface area contributed by atoms with Crippen molar-refractivity contribution in [3.05, 3.63) is 72.1 Å². The molecule has 0 unspecified atom stereocenters. The van der Waals surface area contributed by atoms with Crippen LogP contribution < -0.4 is 5.32 Å². The van der Waals surface area contributed by atoms with Crippen molar-refractivity contribution in [1.82, 2.24) is 14.9 Å². The molecule has 3 aromatic rings. The van der Waals surface area contributed by atoms with Gasteiger partial charge in [0.1, 0.15) is 5.82 Å². The Kier molecular flexibility index (Phi) is 5.62. The first kappa shape index (κ1) is 17.0. The monoisotopic (exact) mass is 333 g/mol. The Morgan fingerprint density at radius 2 is 1.88 bits per heavy atom. The lowest BCUT2D eigenvalue weighted by Crippen LogP contribution is -2.22. The number of carbonyl (C=O) groups is 1. The molecule has 4 nitrogen and oxygen atoms in total. The van der Waals surface area contributed by atoms with Gasteiger partial charge in [0.05, 0.1) is 11.0 Å². The Hall–Kier alpha value is -2.88. The van der Waals surface area contributed by atoms with Crippen LogP contribution in [0.4, 0.5) is 0 Å². The molecule has 1 N–H and O–H groups in total. The molecule has 1 heterocycles. The molecule has 0 fully saturated rings. The molecule has 0 saturated heterocycles. The van der Waals surface area contributed by atoms with Crippen molar-refractivity contribution in [1.29, 1.82) is 0 Å². The van der Waals surface area contributed by atoms with Gasteiger partial charge in [0.15, 0.2) is 0 Å². The number of benzene rings is 2. The molecular weight excluding hydrogens is 310 g/mol. The Bertz CT molecular complexity index is 865. The molecule has 2 aromatic carbocycles. The molecule has 1 amide bonds. The highest BCUT2D eigenvalue weighted by Crippen LogP contribution is 2.16. The van der Waals surface area contributed by atoms with Crippen molar-refractivity contribution in [3.8, 4) is 0 Å². The number of hydrogen-bond donors (Lipinski definition) is 1. The molecule has 0 radical (unpaired) electrons. The molecule has 0 bridgehead atoms. The molecule has 3 rings (SSSR count). The van der Waals surface area contributed by atoms with Crippen molar-refractivity contribution in [2.45, 2.75) is 26.3 Å². The standard InChI is InChI=1S/C21H23N3O/c1-2-24-19-12-7-6-11-18(19)23-20(24)13-8-16-22-21(25)15-14-17-9-4-3-5-10-17/h3-7,9-12,14-15H,2,8,13,16H2,1H3,(H,22,25)/b15-14+. The predicted molar refractivity (Wildman–Crippen MR) is 102 cm³/mol. The smallest absolute Gasteiger partial charge is 0.243 e. The van der Waals surface area contributed by atoms with Crippen LogP contribution in [0.2, 0.25) is 0 Å². The number of amides is 1. The summed E-state index contributed by atoms with van der Waals surface area (Å²) in [5, 5.41) is 2.93. The van der Waals surface area contributed by atoms with Crippen LogP contribution in [0.5, 0.6) is 0 Å². The molecule has 0 atom stereocenters. The third-order valence-corrected chi connectivity index (χ3v) is 4.15. The fourth-order valence-corrected chi connectivity index (χ4v) is 2.92. The third-order valence-electron chi connectivity index (χ3n) is 4.15. The molecular formula is C21H23N3O. The maximum atomic E-state index is 11.9. The zero-order valence-corrected chi connectivity index (χ0v) is 14.5. The lowest BCUT2D eigenvalue weighted by molar-refractivity contribution is -0.116. The molecule has 0 aliphatic rings. The van der Waals surface area contributed by atoms with E-state index in [1.54, 1.807) is 6.08 Å². The second kappa shape index (κ2) is 8.29. The van der Waals surface area contributed by atoms with Crippen molar-refractivity contribution < 1.29 is 4.79 Å². The summed E-state index contributed by atoms with van der Waals surface area (Å²) in [6.45, 7) is 3.68. The molecule has 128 valence electrons. The van der Waals surface area contributed by atoms with Gasteiger partial charge in [-0.2, -0.15) is 0 Å². The van der Waals surface area contributed by atoms with Gasteiger partial charge in [-0.05, 0) is 37.1 Å². The van der Waals surface area contributed by atoms with Crippen LogP contribution in [0.15, 0.2) is 60.7 Å². The summed E-state index contributed by atoms with van der Waals surface area (Å²) in [5.41, 5.74) is 3.23. The van der Waals surface area contributed by atoms with Gasteiger partial charge in [-0.1, -0.05) is 42.5 Å². The lowest BCUT2D eigenvalue weighted by Gasteiger charge is -2.06. The maximum Gasteiger partial charge on any atom is 0.243 e. The summed E-state index contributed by atoms with van der Waals surface area (Å²) in [7, 11) is 0. The largest absolute Gasteiger partial charge is 0.353 e. The number of carbonyl (C=O) groups excluding carboxylic acids is 1. The number of nitrogens with zero attached hydrogens (tertiary/aromatic N) is 2. The average Bonchev–Trinajstić information content (AvgIpc) is 3.02. The normalized spacial score (nSPS) is 11.2. The number of hydrogen-bond acceptors (Lipinski definition) is 2. The highest BCUT2D eigenvalue weighted by atomic mass is 16.1. The van der Waals surface area contributed by atoms with Gasteiger partial charge in [-0.25, -0.2) is 4.98 Å². The number of fused-ring (bicyclic) bond motifs is 1. The van der Waals surface area contributed by atoms with E-state index in [-0.39, 0.29) is 5.91 Å². The molecule has 0 spiro atoms. The summed E-state index contributed by atoms with van der Waals surface area (Å²) in [6, 6.07) is 18.0. The zero-order chi connectivity index (χ0) is 17.5. The maximum absolute atomic E-state index is 11.9. The van der Waals surface area contributed by atoms with E-state index in [0.29, 0.717) is 6.54 Å². The first-order valence-corrected chi connectivity index (χ1v) is 8.73. The summed E-state index contributed by atoms with van der Waals surface area (Å²) >= 11 is 0. The van der Waals surface area contributed by atoms with E-state index in [4.69, 9.17) is 4.98 Å². The second-order valence-corrected chi connectivity index (χ2v) is 5.90. The molecule has 0 aliphatic carbocycles. The quantitative estimate of drug-likeness (QED) is 0.528. The summed E-state index contributed by atoms with van der Waals surface area (Å²) < 4.78 is 2.24. The minimum atomic E-state index is -0.0622. The fourth-order valence-electron chi connectivity index (χ4n) is 2.92. The van der Waals surface area contributed by atoms with Gasteiger partial charge in [-0.3, -0.25) is 4.79 Å². The van der Waals surface area contributed by atoms with Crippen molar-refractivity contribution in [2.75, 3.05) is 6.54 Å². The van der Waals surface area contributed by atoms with Crippen LogP contribution in [-0.2, 0) is 17.8 Å². The third kappa shape index (κ3) is 4.35. The summed E-state index contributed by atoms with van der Waals surface area (Å²) in [5.74, 6) is 1.02. The van der Waals surface area contributed by atoms with Gasteiger partial charge in [-0.15, -0.1) is 0 Å². The van der Waals surface area contributed by atoms with Gasteiger partial charge >= 0.3 is 0 Å². The van der Waals surface area contributed by atoms with Crippen LogP contribution in [0.3, 0.4) is 0 Å². The van der Waals surface area contributed by atoms with Crippen LogP contribution in [0.25, 0.3) is 17.1 Å². The van der Waals surface area contributed by atoms with Crippen LogP contribution in [-0.4, -0.2) is 22.0 Å². The Morgan fingerprint density at radius 3 is 2.68 bits per heavy atom. The average molecular weight is 333 g/mol. The Labute approximate surface area is 148 Å². The highest BCUT2D eigenvalue weighted by Gasteiger charge is 2.08. The van der Waals surface area contributed by atoms with Crippen LogP contribution in [0.1, 0.15) is 24.7 Å². The zero-order valence-electron chi connectivity index (χ0n) is 14.5. The van der Waals surface area contributed by atoms with E-state index in [1.165, 1.54) is 5.52 Å². The minimum absolute atomic E-state index is 0.0622. The topological polar surface area (TPSA) is 46.9 Å². The summed E-state index contributed by atoms with van der Waals surface area (Å²) in [4.78, 5) is 16.6. The molecule has 25 heavy (non-hydrogen) atoms. The van der Waals surface area contributed by atoms with E-state index in [1.807, 2.05) is 54.6 Å². The second-order valence-electron chi connectivity index (χ2n) is 5.90. The van der Waals surface area contributed by atoms with Crippen LogP contribution in [0, 0.1) is 0 Å². The van der Waals surface area contributed by atoms with E-state index < -0.39 is 0 Å². The number of nitrogens with one attached hydrogen (secondary N) is 1. The number of aryl methyl sites for hydroxylation is 2. The van der Waals surface area contributed by atoms with Gasteiger partial charge in [0.2, 0.25) is 5.91 Å². The van der Waals surface area contributed by atoms with Gasteiger partial charge < -0.3 is 9.88 Å². The van der Waals surface area contributed by atoms with Crippen LogP contribution >= 0.6 is 0 Å². The number of aromatic nitrogens is 2. The first-order chi connectivity index (χ1) is 12.3. The SMILES string of the molecule is CCn1c(CCCNC(=O)/C=C/c2ccccc2)nc2ccccc21. The molecule has 0 aliphatic heterocycles. The number of rotatable bonds is 7.